The molecule has 1 aliphatic heterocycles. The smallest absolute Gasteiger partial charge is 0.275 e. The number of anilines is 1. The highest BCUT2D eigenvalue weighted by Gasteiger charge is 2.32. The van der Waals surface area contributed by atoms with Crippen LogP contribution in [0.3, 0.4) is 0 Å². The number of nitrogens with two attached hydrogens (primary N) is 1. The zero-order valence-electron chi connectivity index (χ0n) is 15.9. The molecule has 0 saturated heterocycles. The molecule has 10 nitrogen and oxygen atoms in total. The average molecular weight is 401 g/mol. The summed E-state index contributed by atoms with van der Waals surface area (Å²) < 4.78 is 21.1. The molecule has 0 aliphatic carbocycles. The number of rotatable bonds is 5. The van der Waals surface area contributed by atoms with Gasteiger partial charge < -0.3 is 15.8 Å². The molecule has 0 fully saturated rings. The van der Waals surface area contributed by atoms with Crippen LogP contribution in [-0.4, -0.2) is 59.5 Å². The lowest BCUT2D eigenvalue weighted by molar-refractivity contribution is -0.120. The van der Waals surface area contributed by atoms with Crippen LogP contribution in [0.15, 0.2) is 41.3 Å². The average Bonchev–Trinajstić information content (AvgIpc) is 3.04. The van der Waals surface area contributed by atoms with Gasteiger partial charge in [-0.2, -0.15) is 5.10 Å². The summed E-state index contributed by atoms with van der Waals surface area (Å²) in [5, 5.41) is 6.42. The minimum Gasteiger partial charge on any atom is -0.487 e. The van der Waals surface area contributed by atoms with Crippen molar-refractivity contribution in [1.29, 1.82) is 0 Å². The van der Waals surface area contributed by atoms with Gasteiger partial charge in [0.1, 0.15) is 12.6 Å². The molecule has 0 aromatic carbocycles. The van der Waals surface area contributed by atoms with Crippen molar-refractivity contribution in [3.63, 3.8) is 0 Å². The van der Waals surface area contributed by atoms with E-state index in [0.717, 1.165) is 6.20 Å². The van der Waals surface area contributed by atoms with Gasteiger partial charge in [-0.05, 0) is 12.1 Å². The van der Waals surface area contributed by atoms with E-state index >= 15 is 0 Å². The van der Waals surface area contributed by atoms with E-state index in [4.69, 9.17) is 10.5 Å². The van der Waals surface area contributed by atoms with E-state index in [-0.39, 0.29) is 13.2 Å². The van der Waals surface area contributed by atoms with Gasteiger partial charge in [-0.3, -0.25) is 24.2 Å². The summed E-state index contributed by atoms with van der Waals surface area (Å²) in [5.41, 5.74) is 5.63. The minimum absolute atomic E-state index is 0.122. The molecular formula is C18H20FN7O3. The first-order valence-electron chi connectivity index (χ1n) is 8.66. The summed E-state index contributed by atoms with van der Waals surface area (Å²) in [5.74, 6) is -1.36. The number of likely N-dealkylation sites (N-methyl/N-ethyl adjacent to an activating group) is 1. The zero-order chi connectivity index (χ0) is 21.0. The number of hydrogen-bond acceptors (Lipinski definition) is 7. The Kier molecular flexibility index (Phi) is 5.86. The van der Waals surface area contributed by atoms with Gasteiger partial charge in [-0.1, -0.05) is 0 Å². The maximum Gasteiger partial charge on any atom is 0.275 e. The number of nitrogens with zero attached hydrogens (tertiary/aromatic N) is 5. The highest BCUT2D eigenvalue weighted by Crippen LogP contribution is 2.27. The molecule has 0 bridgehead atoms. The van der Waals surface area contributed by atoms with Crippen molar-refractivity contribution >= 4 is 23.8 Å². The molecular weight excluding hydrogens is 381 g/mol. The minimum atomic E-state index is -1.03. The topological polar surface area (TPSA) is 128 Å². The molecule has 29 heavy (non-hydrogen) atoms. The number of aliphatic imine (C=N–C) groups is 1. The Balaban J connectivity index is 1.74. The number of carbonyl (C=O) groups is 2. The summed E-state index contributed by atoms with van der Waals surface area (Å²) in [6.07, 6.45) is 5.41. The second-order valence-corrected chi connectivity index (χ2v) is 6.21. The number of fused-ring (bicyclic) bond motifs is 1. The number of hydrogen-bond donors (Lipinski definition) is 2. The Bertz CT molecular complexity index is 986. The van der Waals surface area contributed by atoms with Gasteiger partial charge in [0.05, 0.1) is 12.7 Å². The fourth-order valence-electron chi connectivity index (χ4n) is 2.78. The zero-order valence-corrected chi connectivity index (χ0v) is 15.9. The molecule has 0 unspecified atom stereocenters. The van der Waals surface area contributed by atoms with Crippen molar-refractivity contribution in [2.24, 2.45) is 10.7 Å². The van der Waals surface area contributed by atoms with Crippen LogP contribution in [0, 0.1) is 5.82 Å². The van der Waals surface area contributed by atoms with E-state index < -0.39 is 29.4 Å². The predicted octanol–water partition coefficient (Wildman–Crippen LogP) is 0.114. The first-order valence-corrected chi connectivity index (χ1v) is 8.66. The number of halogens is 1. The monoisotopic (exact) mass is 401 g/mol. The summed E-state index contributed by atoms with van der Waals surface area (Å²) in [7, 11) is 3.09. The van der Waals surface area contributed by atoms with Gasteiger partial charge in [-0.25, -0.2) is 9.37 Å². The van der Waals surface area contributed by atoms with E-state index in [0.29, 0.717) is 17.1 Å². The fourth-order valence-corrected chi connectivity index (χ4v) is 2.78. The quantitative estimate of drug-likeness (QED) is 0.685. The maximum atomic E-state index is 14.3. The van der Waals surface area contributed by atoms with Gasteiger partial charge in [-0.15, -0.1) is 0 Å². The number of ether oxygens (including phenoxy) is 1. The van der Waals surface area contributed by atoms with E-state index in [1.807, 2.05) is 0 Å². The molecule has 1 aliphatic rings. The lowest BCUT2D eigenvalue weighted by atomic mass is 10.2. The Hall–Kier alpha value is -3.76. The summed E-state index contributed by atoms with van der Waals surface area (Å²) in [4.78, 5) is 34.4. The number of amides is 2. The van der Waals surface area contributed by atoms with Gasteiger partial charge in [0, 0.05) is 38.3 Å². The van der Waals surface area contributed by atoms with Gasteiger partial charge >= 0.3 is 0 Å². The summed E-state index contributed by atoms with van der Waals surface area (Å²) in [6.45, 7) is 0.0101. The molecule has 0 radical (unpaired) electrons. The maximum absolute atomic E-state index is 14.3. The standard InChI is InChI=1S/C18H20FN7O3/c1-21-7-11(6-20)8-26-9-12(19)15(24-26)17(27)23-13-10-29-14-4-3-5-22-16(14)25(2)18(13)28/h3-7,9,13H,8,10,20H2,1-2H3,(H,23,27)/t13-/m0/s1. The Morgan fingerprint density at radius 1 is 1.55 bits per heavy atom. The molecule has 0 spiro atoms. The van der Waals surface area contributed by atoms with Crippen molar-refractivity contribution in [1.82, 2.24) is 20.1 Å². The van der Waals surface area contributed by atoms with Gasteiger partial charge in [0.15, 0.2) is 23.1 Å². The van der Waals surface area contributed by atoms with E-state index in [9.17, 15) is 14.0 Å². The number of aromatic nitrogens is 3. The summed E-state index contributed by atoms with van der Waals surface area (Å²) in [6, 6.07) is 2.31. The van der Waals surface area contributed by atoms with Crippen molar-refractivity contribution in [2.75, 3.05) is 25.6 Å². The van der Waals surface area contributed by atoms with E-state index in [2.05, 4.69) is 20.4 Å². The van der Waals surface area contributed by atoms with Crippen LogP contribution < -0.4 is 20.7 Å². The highest BCUT2D eigenvalue weighted by atomic mass is 19.1. The highest BCUT2D eigenvalue weighted by molar-refractivity contribution is 6.02. The molecule has 2 amide bonds. The Morgan fingerprint density at radius 2 is 2.34 bits per heavy atom. The predicted molar refractivity (Wildman–Crippen MR) is 103 cm³/mol. The van der Waals surface area contributed by atoms with Crippen molar-refractivity contribution in [3.8, 4) is 5.75 Å². The number of allylic oxidation sites excluding steroid dienone is 1. The SMILES string of the molecule is CN=CC(=CN)Cn1cc(F)c(C(=O)N[C@H]2COc3cccnc3N(C)C2=O)n1. The van der Waals surface area contributed by atoms with E-state index in [1.165, 1.54) is 35.2 Å². The lowest BCUT2D eigenvalue weighted by Crippen LogP contribution is -2.49. The molecule has 11 heteroatoms. The third-order valence-corrected chi connectivity index (χ3v) is 4.19. The van der Waals surface area contributed by atoms with Gasteiger partial charge in [0.2, 0.25) is 0 Å². The number of pyridine rings is 1. The second kappa shape index (κ2) is 8.50. The Labute approximate surface area is 165 Å². The third-order valence-electron chi connectivity index (χ3n) is 4.19. The first kappa shape index (κ1) is 20.0. The molecule has 3 rings (SSSR count). The Morgan fingerprint density at radius 3 is 3.07 bits per heavy atom. The van der Waals surface area contributed by atoms with Crippen LogP contribution in [-0.2, 0) is 11.3 Å². The van der Waals surface area contributed by atoms with Crippen LogP contribution in [0.25, 0.3) is 0 Å². The molecule has 0 saturated carbocycles. The van der Waals surface area contributed by atoms with E-state index in [1.54, 1.807) is 19.2 Å². The van der Waals surface area contributed by atoms with Crippen molar-refractivity contribution in [3.05, 3.63) is 47.8 Å². The van der Waals surface area contributed by atoms with Crippen molar-refractivity contribution in [2.45, 2.75) is 12.6 Å². The molecule has 3 heterocycles. The van der Waals surface area contributed by atoms with Crippen LogP contribution in [0.5, 0.6) is 5.75 Å². The largest absolute Gasteiger partial charge is 0.487 e. The molecule has 3 N–H and O–H groups in total. The second-order valence-electron chi connectivity index (χ2n) is 6.21. The molecule has 152 valence electrons. The molecule has 1 atom stereocenters. The van der Waals surface area contributed by atoms with Crippen LogP contribution in [0.4, 0.5) is 10.2 Å². The van der Waals surface area contributed by atoms with Crippen LogP contribution in [0.1, 0.15) is 10.5 Å². The normalized spacial score (nSPS) is 17.1. The lowest BCUT2D eigenvalue weighted by Gasteiger charge is -2.19. The number of carbonyl (C=O) groups excluding carboxylic acids is 2. The van der Waals surface area contributed by atoms with Crippen molar-refractivity contribution < 1.29 is 18.7 Å². The first-order chi connectivity index (χ1) is 13.9. The fraction of sp³-hybridized carbons (Fsp3) is 0.278. The third kappa shape index (κ3) is 4.23. The van der Waals surface area contributed by atoms with Gasteiger partial charge in [0.25, 0.3) is 11.8 Å². The molecule has 2 aromatic heterocycles. The molecule has 2 aromatic rings. The number of nitrogens with one attached hydrogen (secondary N) is 1. The summed E-state index contributed by atoms with van der Waals surface area (Å²) >= 11 is 0. The van der Waals surface area contributed by atoms with Crippen LogP contribution >= 0.6 is 0 Å². The van der Waals surface area contributed by atoms with Crippen LogP contribution in [0.2, 0.25) is 0 Å².